The number of fused-ring (bicyclic) bond motifs is 1. The van der Waals surface area contributed by atoms with E-state index in [-0.39, 0.29) is 0 Å². The van der Waals surface area contributed by atoms with Gasteiger partial charge in [0.05, 0.1) is 11.9 Å². The highest BCUT2D eigenvalue weighted by Gasteiger charge is 1.96. The lowest BCUT2D eigenvalue weighted by Crippen LogP contribution is -1.73. The van der Waals surface area contributed by atoms with E-state index in [0.29, 0.717) is 0 Å². The van der Waals surface area contributed by atoms with Crippen LogP contribution in [-0.2, 0) is 0 Å². The highest BCUT2D eigenvalue weighted by atomic mass is 15.5. The maximum atomic E-state index is 3.86. The van der Waals surface area contributed by atoms with Gasteiger partial charge in [-0.25, -0.2) is 0 Å². The molecule has 0 N–H and O–H groups in total. The first-order chi connectivity index (χ1) is 5.97. The predicted octanol–water partition coefficient (Wildman–Crippen LogP) is 3.12. The third kappa shape index (κ3) is 1.27. The Labute approximate surface area is 69.3 Å². The molecule has 4 heteroatoms. The standard InChI is InChI=1S/C8H6N4/c1-2-4-8-7(3-1)5-6-9-11-12-10-8/h1-6H. The summed E-state index contributed by atoms with van der Waals surface area (Å²) in [5, 5.41) is 14.4. The van der Waals surface area contributed by atoms with Gasteiger partial charge in [0.15, 0.2) is 0 Å². The number of nitrogens with zero attached hydrogens (tertiary/aromatic N) is 4. The molecule has 1 heterocycles. The molecule has 0 atom stereocenters. The molecule has 2 rings (SSSR count). The Kier molecular flexibility index (Phi) is 1.74. The van der Waals surface area contributed by atoms with E-state index in [4.69, 9.17) is 0 Å². The van der Waals surface area contributed by atoms with Gasteiger partial charge in [0, 0.05) is 5.56 Å². The fraction of sp³-hybridized carbons (Fsp3) is 0. The predicted molar refractivity (Wildman–Crippen MR) is 44.8 cm³/mol. The highest BCUT2D eigenvalue weighted by Crippen LogP contribution is 2.21. The molecule has 0 saturated carbocycles. The normalized spacial score (nSPS) is 13.7. The molecule has 0 unspecified atom stereocenters. The third-order valence-electron chi connectivity index (χ3n) is 1.50. The molecule has 0 saturated heterocycles. The lowest BCUT2D eigenvalue weighted by molar-refractivity contribution is 0.951. The van der Waals surface area contributed by atoms with Crippen molar-refractivity contribution in [1.29, 1.82) is 0 Å². The molecule has 0 bridgehead atoms. The summed E-state index contributed by atoms with van der Waals surface area (Å²) >= 11 is 0. The second-order valence-electron chi connectivity index (χ2n) is 2.27. The molecule has 58 valence electrons. The van der Waals surface area contributed by atoms with Crippen LogP contribution in [-0.4, -0.2) is 0 Å². The molecule has 0 aromatic heterocycles. The largest absolute Gasteiger partial charge is 0.137 e. The van der Waals surface area contributed by atoms with E-state index in [1.165, 1.54) is 0 Å². The van der Waals surface area contributed by atoms with Crippen molar-refractivity contribution in [1.82, 2.24) is 0 Å². The number of rotatable bonds is 0. The minimum atomic E-state index is 0.812. The number of hydrogen-bond acceptors (Lipinski definition) is 4. The van der Waals surface area contributed by atoms with Crippen LogP contribution in [0.2, 0.25) is 0 Å². The first-order valence-electron chi connectivity index (χ1n) is 3.53. The van der Waals surface area contributed by atoms with Crippen LogP contribution in [0.3, 0.4) is 0 Å². The Morgan fingerprint density at radius 2 is 1.92 bits per heavy atom. The highest BCUT2D eigenvalue weighted by molar-refractivity contribution is 5.63. The molecule has 1 aromatic carbocycles. The van der Waals surface area contributed by atoms with Gasteiger partial charge < -0.3 is 0 Å². The van der Waals surface area contributed by atoms with Gasteiger partial charge in [-0.05, 0) is 22.6 Å². The second-order valence-corrected chi connectivity index (χ2v) is 2.27. The lowest BCUT2D eigenvalue weighted by atomic mass is 10.2. The van der Waals surface area contributed by atoms with Gasteiger partial charge in [0.25, 0.3) is 0 Å². The molecule has 0 amide bonds. The summed E-state index contributed by atoms with van der Waals surface area (Å²) in [6.45, 7) is 0. The van der Waals surface area contributed by atoms with E-state index in [9.17, 15) is 0 Å². The fourth-order valence-corrected chi connectivity index (χ4v) is 0.954. The zero-order valence-electron chi connectivity index (χ0n) is 6.25. The van der Waals surface area contributed by atoms with Crippen LogP contribution >= 0.6 is 0 Å². The molecule has 1 aliphatic heterocycles. The summed E-state index contributed by atoms with van der Waals surface area (Å²) in [4.78, 5) is 0. The van der Waals surface area contributed by atoms with Gasteiger partial charge in [-0.1, -0.05) is 18.2 Å². The van der Waals surface area contributed by atoms with E-state index in [1.54, 1.807) is 6.20 Å². The van der Waals surface area contributed by atoms with Gasteiger partial charge in [0.1, 0.15) is 0 Å². The van der Waals surface area contributed by atoms with Crippen molar-refractivity contribution in [2.24, 2.45) is 20.7 Å². The first kappa shape index (κ1) is 6.84. The van der Waals surface area contributed by atoms with E-state index in [2.05, 4.69) is 20.7 Å². The summed E-state index contributed by atoms with van der Waals surface area (Å²) in [6, 6.07) is 7.68. The quantitative estimate of drug-likeness (QED) is 0.557. The van der Waals surface area contributed by atoms with Gasteiger partial charge in [-0.3, -0.25) is 0 Å². The molecular weight excluding hydrogens is 152 g/mol. The van der Waals surface area contributed by atoms with Crippen LogP contribution in [0.15, 0.2) is 51.1 Å². The Hall–Kier alpha value is -1.84. The lowest BCUT2D eigenvalue weighted by Gasteiger charge is -1.97. The Morgan fingerprint density at radius 3 is 2.92 bits per heavy atom. The van der Waals surface area contributed by atoms with Gasteiger partial charge >= 0.3 is 0 Å². The van der Waals surface area contributed by atoms with Crippen LogP contribution in [0.5, 0.6) is 0 Å². The summed E-state index contributed by atoms with van der Waals surface area (Å²) in [5.41, 5.74) is 1.81. The molecule has 12 heavy (non-hydrogen) atoms. The maximum Gasteiger partial charge on any atom is 0.0948 e. The Balaban J connectivity index is 2.54. The Morgan fingerprint density at radius 1 is 1.00 bits per heavy atom. The molecule has 1 aliphatic rings. The van der Waals surface area contributed by atoms with Crippen molar-refractivity contribution in [3.05, 3.63) is 36.0 Å². The molecular formula is C8H6N4. The summed E-state index contributed by atoms with van der Waals surface area (Å²) in [5.74, 6) is 0. The van der Waals surface area contributed by atoms with E-state index in [1.807, 2.05) is 30.3 Å². The summed E-state index contributed by atoms with van der Waals surface area (Å²) in [7, 11) is 0. The van der Waals surface area contributed by atoms with Crippen LogP contribution in [0.25, 0.3) is 6.08 Å². The molecule has 4 nitrogen and oxygen atoms in total. The summed E-state index contributed by atoms with van der Waals surface area (Å²) < 4.78 is 0. The molecule has 1 aromatic rings. The van der Waals surface area contributed by atoms with Crippen molar-refractivity contribution in [3.63, 3.8) is 0 Å². The number of benzene rings is 1. The topological polar surface area (TPSA) is 49.4 Å². The fourth-order valence-electron chi connectivity index (χ4n) is 0.954. The minimum Gasteiger partial charge on any atom is -0.137 e. The molecule has 0 radical (unpaired) electrons. The van der Waals surface area contributed by atoms with E-state index >= 15 is 0 Å². The van der Waals surface area contributed by atoms with Crippen molar-refractivity contribution in [2.75, 3.05) is 0 Å². The first-order valence-corrected chi connectivity index (χ1v) is 3.53. The molecule has 0 spiro atoms. The zero-order valence-corrected chi connectivity index (χ0v) is 6.25. The van der Waals surface area contributed by atoms with Gasteiger partial charge in [0.2, 0.25) is 0 Å². The van der Waals surface area contributed by atoms with E-state index < -0.39 is 0 Å². The Bertz CT molecular complexity index is 330. The minimum absolute atomic E-state index is 0.812. The summed E-state index contributed by atoms with van der Waals surface area (Å²) in [6.07, 6.45) is 3.44. The van der Waals surface area contributed by atoms with Crippen LogP contribution in [0.4, 0.5) is 5.69 Å². The van der Waals surface area contributed by atoms with Crippen LogP contribution in [0, 0.1) is 0 Å². The second kappa shape index (κ2) is 3.04. The van der Waals surface area contributed by atoms with Crippen LogP contribution < -0.4 is 0 Å². The SMILES string of the molecule is C1=Cc2ccccc2N=NN=N1. The third-order valence-corrected chi connectivity index (χ3v) is 1.50. The zero-order chi connectivity index (χ0) is 8.23. The monoisotopic (exact) mass is 158 g/mol. The van der Waals surface area contributed by atoms with Crippen molar-refractivity contribution in [2.45, 2.75) is 0 Å². The average molecular weight is 158 g/mol. The van der Waals surface area contributed by atoms with Crippen LogP contribution in [0.1, 0.15) is 5.56 Å². The smallest absolute Gasteiger partial charge is 0.0948 e. The molecule has 0 aliphatic carbocycles. The van der Waals surface area contributed by atoms with Crippen molar-refractivity contribution < 1.29 is 0 Å². The van der Waals surface area contributed by atoms with Crippen molar-refractivity contribution >= 4 is 11.8 Å². The maximum absolute atomic E-state index is 3.86. The van der Waals surface area contributed by atoms with E-state index in [0.717, 1.165) is 11.3 Å². The average Bonchev–Trinajstić information content (AvgIpc) is 2.06. The van der Waals surface area contributed by atoms with Gasteiger partial charge in [-0.2, -0.15) is 0 Å². The number of hydrogen-bond donors (Lipinski definition) is 0. The van der Waals surface area contributed by atoms with Crippen molar-refractivity contribution in [3.8, 4) is 0 Å². The molecule has 0 fully saturated rings. The van der Waals surface area contributed by atoms with Gasteiger partial charge in [-0.15, -0.1) is 10.2 Å².